The molecule has 4 aliphatic heterocycles. The Morgan fingerprint density at radius 3 is 1.86 bits per heavy atom. The number of fused-ring (bicyclic) bond motifs is 4. The topological polar surface area (TPSA) is 289 Å². The number of alkyl halides is 5. The van der Waals surface area contributed by atoms with Gasteiger partial charge in [-0.15, -0.1) is 0 Å². The number of amides is 12. The van der Waals surface area contributed by atoms with Crippen LogP contribution < -0.4 is 16.0 Å². The molecule has 8 rings (SSSR count). The fourth-order valence-corrected chi connectivity index (χ4v) is 18.9. The number of likely N-dealkylation sites (N-methyl/N-ethyl adjacent to an activating group) is 6. The third-order valence-electron chi connectivity index (χ3n) is 25.3. The number of carbonyl (C=O) groups excluding carboxylic acids is 12. The van der Waals surface area contributed by atoms with Crippen molar-refractivity contribution >= 4 is 70.9 Å². The summed E-state index contributed by atoms with van der Waals surface area (Å²) in [6, 6.07) is -12.0. The summed E-state index contributed by atoms with van der Waals surface area (Å²) >= 11 is 0. The van der Waals surface area contributed by atoms with Gasteiger partial charge in [0.2, 0.25) is 70.9 Å². The molecular formula is C79H125F5N12O14. The van der Waals surface area contributed by atoms with Gasteiger partial charge in [-0.2, -0.15) is 13.2 Å². The minimum Gasteiger partial charge on any atom is -0.380 e. The van der Waals surface area contributed by atoms with Gasteiger partial charge in [0.25, 0.3) is 0 Å². The van der Waals surface area contributed by atoms with E-state index >= 15 is 56.7 Å². The van der Waals surface area contributed by atoms with E-state index in [0.717, 1.165) is 35.5 Å². The number of halogens is 5. The van der Waals surface area contributed by atoms with Crippen LogP contribution in [0.25, 0.3) is 0 Å². The largest absolute Gasteiger partial charge is 0.397 e. The maximum absolute atomic E-state index is 15.8. The zero-order valence-corrected chi connectivity index (χ0v) is 67.6. The molecule has 26 nitrogen and oxygen atoms in total. The Hall–Kier alpha value is -7.05. The molecular weight excluding hydrogens is 1440 g/mol. The number of ether oxygens (including phenoxy) is 2. The predicted octanol–water partition coefficient (Wildman–Crippen LogP) is 6.36. The van der Waals surface area contributed by atoms with Crippen LogP contribution in [0.15, 0.2) is 12.2 Å². The van der Waals surface area contributed by atoms with Gasteiger partial charge in [-0.3, -0.25) is 57.5 Å². The summed E-state index contributed by atoms with van der Waals surface area (Å²) in [5.74, 6) is -13.1. The lowest BCUT2D eigenvalue weighted by molar-refractivity contribution is -0.219. The lowest BCUT2D eigenvalue weighted by atomic mass is 9.58. The average molecular weight is 1560 g/mol. The first-order valence-electron chi connectivity index (χ1n) is 40.2. The number of hydrogen-bond acceptors (Lipinski definition) is 14. The van der Waals surface area contributed by atoms with Crippen molar-refractivity contribution in [2.75, 3.05) is 89.2 Å². The van der Waals surface area contributed by atoms with Crippen LogP contribution in [-0.4, -0.2) is 295 Å². The van der Waals surface area contributed by atoms with Crippen molar-refractivity contribution in [2.24, 2.45) is 40.9 Å². The summed E-state index contributed by atoms with van der Waals surface area (Å²) < 4.78 is 85.2. The first-order chi connectivity index (χ1) is 51.7. The van der Waals surface area contributed by atoms with Gasteiger partial charge < -0.3 is 69.5 Å². The van der Waals surface area contributed by atoms with Crippen molar-refractivity contribution in [3.8, 4) is 0 Å². The molecule has 31 heteroatoms. The SMILES string of the molecule is CCC[C@H]1C(=O)N[C@@H]([C@@H](C)CC)C(=O)N2C[C@@H](OC)C[C@H]2C(=O)N(C)[C@H]2C/C=C\CCN(C2=O)[C@@H](CC2CCC(C)CC2)C(=O)N(C)CC(=O)N[C@@H](CCC2CC(F)C(C(F)(F)F)C(F)C2)C(=O)N2C[C@H](OCC)C[C@H]2C(=O)NC2(CC(C)(C)C2)C(=O)N(C)[C@@H](C2CCCC2)C(=O)N(C)[C@H](C(=O)N(C)C)CC(=O)N1C. The molecule has 0 aromatic heterocycles. The zero-order valence-electron chi connectivity index (χ0n) is 67.6. The van der Waals surface area contributed by atoms with Gasteiger partial charge in [-0.25, -0.2) is 8.78 Å². The molecule has 2 unspecified atom stereocenters. The van der Waals surface area contributed by atoms with Crippen LogP contribution in [0, 0.1) is 40.9 Å². The molecule has 3 saturated heterocycles. The van der Waals surface area contributed by atoms with Crippen molar-refractivity contribution in [3.63, 3.8) is 0 Å². The molecule has 1 spiro atoms. The Balaban J connectivity index is 1.23. The molecule has 2 bridgehead atoms. The Morgan fingerprint density at radius 2 is 1.28 bits per heavy atom. The monoisotopic (exact) mass is 1560 g/mol. The summed E-state index contributed by atoms with van der Waals surface area (Å²) in [6.45, 7) is 12.1. The molecule has 4 heterocycles. The maximum Gasteiger partial charge on any atom is 0.397 e. The quantitative estimate of drug-likeness (QED) is 0.126. The van der Waals surface area contributed by atoms with Crippen LogP contribution in [0.4, 0.5) is 22.0 Å². The zero-order chi connectivity index (χ0) is 81.3. The second-order valence-corrected chi connectivity index (χ2v) is 34.2. The van der Waals surface area contributed by atoms with E-state index in [1.807, 2.05) is 33.8 Å². The van der Waals surface area contributed by atoms with Crippen molar-refractivity contribution in [1.29, 1.82) is 0 Å². The first-order valence-corrected chi connectivity index (χ1v) is 40.2. The molecule has 110 heavy (non-hydrogen) atoms. The molecule has 0 aromatic carbocycles. The molecule has 620 valence electrons. The highest BCUT2D eigenvalue weighted by Crippen LogP contribution is 2.50. The Labute approximate surface area is 646 Å². The van der Waals surface area contributed by atoms with Crippen LogP contribution >= 0.6 is 0 Å². The van der Waals surface area contributed by atoms with Crippen LogP contribution in [0.1, 0.15) is 196 Å². The molecule has 7 fully saturated rings. The summed E-state index contributed by atoms with van der Waals surface area (Å²) in [4.78, 5) is 196. The lowest BCUT2D eigenvalue weighted by Gasteiger charge is -2.54. The summed E-state index contributed by atoms with van der Waals surface area (Å²) in [7, 11) is 11.4. The van der Waals surface area contributed by atoms with Gasteiger partial charge in [0.05, 0.1) is 25.2 Å². The number of nitrogens with zero attached hydrogens (tertiary/aromatic N) is 9. The maximum atomic E-state index is 15.8. The molecule has 0 radical (unpaired) electrons. The van der Waals surface area contributed by atoms with Crippen LogP contribution in [-0.2, 0) is 67.0 Å². The average Bonchev–Trinajstić information content (AvgIpc) is 0.926. The Morgan fingerprint density at radius 1 is 0.664 bits per heavy atom. The molecule has 8 aliphatic rings. The summed E-state index contributed by atoms with van der Waals surface area (Å²) in [6.07, 6.45) is -4.24. The Kier molecular flexibility index (Phi) is 30.4. The second kappa shape index (κ2) is 37.7. The molecule has 14 atom stereocenters. The number of nitrogens with one attached hydrogen (secondary N) is 3. The summed E-state index contributed by atoms with van der Waals surface area (Å²) in [5, 5.41) is 8.73. The van der Waals surface area contributed by atoms with Crippen LogP contribution in [0.3, 0.4) is 0 Å². The molecule has 12 amide bonds. The first kappa shape index (κ1) is 88.5. The minimum absolute atomic E-state index is 0.00104. The predicted molar refractivity (Wildman–Crippen MR) is 399 cm³/mol. The Bertz CT molecular complexity index is 3310. The van der Waals surface area contributed by atoms with E-state index in [2.05, 4.69) is 22.9 Å². The summed E-state index contributed by atoms with van der Waals surface area (Å²) in [5.41, 5.74) is -2.29. The van der Waals surface area contributed by atoms with Gasteiger partial charge in [0.1, 0.15) is 78.2 Å². The van der Waals surface area contributed by atoms with E-state index in [4.69, 9.17) is 9.47 Å². The van der Waals surface area contributed by atoms with Gasteiger partial charge in [0.15, 0.2) is 0 Å². The van der Waals surface area contributed by atoms with Crippen molar-refractivity contribution < 1.29 is 89.0 Å². The van der Waals surface area contributed by atoms with Crippen molar-refractivity contribution in [3.05, 3.63) is 12.2 Å². The second-order valence-electron chi connectivity index (χ2n) is 34.2. The molecule has 4 saturated carbocycles. The van der Waals surface area contributed by atoms with E-state index < -0.39 is 223 Å². The van der Waals surface area contributed by atoms with Crippen molar-refractivity contribution in [1.82, 2.24) is 60.0 Å². The third kappa shape index (κ3) is 20.5. The number of methoxy groups -OCH3 is 1. The van der Waals surface area contributed by atoms with E-state index in [1.54, 1.807) is 19.9 Å². The highest BCUT2D eigenvalue weighted by molar-refractivity contribution is 6.01. The normalized spacial score (nSPS) is 33.7. The van der Waals surface area contributed by atoms with Crippen molar-refractivity contribution in [2.45, 2.75) is 287 Å². The van der Waals surface area contributed by atoms with Gasteiger partial charge in [-0.1, -0.05) is 105 Å². The van der Waals surface area contributed by atoms with E-state index in [1.165, 1.54) is 90.7 Å². The van der Waals surface area contributed by atoms with Gasteiger partial charge >= 0.3 is 6.18 Å². The van der Waals surface area contributed by atoms with Crippen LogP contribution in [0.5, 0.6) is 0 Å². The number of hydrogen-bond donors (Lipinski definition) is 3. The lowest BCUT2D eigenvalue weighted by Crippen LogP contribution is -2.71. The number of rotatable bonds is 14. The minimum atomic E-state index is -5.18. The molecule has 4 aliphatic carbocycles. The highest BCUT2D eigenvalue weighted by atomic mass is 19.4. The van der Waals surface area contributed by atoms with E-state index in [9.17, 15) is 22.8 Å². The molecule has 0 aromatic rings. The van der Waals surface area contributed by atoms with Gasteiger partial charge in [0, 0.05) is 95.5 Å². The standard InChI is InChI=1S/C79H125F5N12O14/c1-16-24-56-67(99)86-65(47(5)17-2)74(106)96-41-51(109-15)38-61(96)72(104)91(12)57-27-20-19-23-34-94(73(57)105)60(37-48-30-28-46(4)29-31-48)71(103)89(10)43-62(97)85-55(33-32-49-35-53(80)64(54(81)36-49)79(82,83)84)69(101)95-42-52(110-18-3)39-58(95)68(100)87-78(44-77(6,7)45-78)76(108)93(14)66(50-25-21-22-26-50)75(107)92(13)59(70(102)88(8)9)40-63(98)90(56)11/h19-20,46-61,64-66H,16-18,21-45H2,1-15H3,(H,85,97)(H,86,99)(H,87,100)/b20-19-/t46?,47-,48?,49?,51-,52+,53?,54?,55-,56-,57-,58-,59-,60-,61-,64?,65-,66-/m0/s1. The third-order valence-corrected chi connectivity index (χ3v) is 25.3. The number of carbonyl (C=O) groups is 12. The highest BCUT2D eigenvalue weighted by Gasteiger charge is 2.60. The van der Waals surface area contributed by atoms with E-state index in [-0.39, 0.29) is 83.5 Å². The fraction of sp³-hybridized carbons (Fsp3) is 0.823. The fourth-order valence-electron chi connectivity index (χ4n) is 18.9. The molecule has 3 N–H and O–H groups in total. The van der Waals surface area contributed by atoms with Crippen LogP contribution in [0.2, 0.25) is 0 Å². The van der Waals surface area contributed by atoms with E-state index in [0.29, 0.717) is 50.9 Å². The van der Waals surface area contributed by atoms with Gasteiger partial charge in [-0.05, 0) is 119 Å². The smallest absolute Gasteiger partial charge is 0.380 e.